The van der Waals surface area contributed by atoms with E-state index in [2.05, 4.69) is 15.5 Å². The average Bonchev–Trinajstić information content (AvgIpc) is 3.73. The van der Waals surface area contributed by atoms with Crippen LogP contribution in [0.3, 0.4) is 0 Å². The molecular formula is C29H27N5O10S. The number of anilines is 1. The predicted molar refractivity (Wildman–Crippen MR) is 155 cm³/mol. The Morgan fingerprint density at radius 2 is 1.78 bits per heavy atom. The zero-order valence-electron chi connectivity index (χ0n) is 23.7. The predicted octanol–water partition coefficient (Wildman–Crippen LogP) is 1.55. The molecule has 0 aliphatic carbocycles. The van der Waals surface area contributed by atoms with E-state index >= 15 is 0 Å². The number of carboxylic acid groups (broad SMARTS) is 1. The lowest BCUT2D eigenvalue weighted by molar-refractivity contribution is -0.256. The summed E-state index contributed by atoms with van der Waals surface area (Å²) < 4.78 is 10.9. The van der Waals surface area contributed by atoms with Crippen molar-refractivity contribution in [1.29, 1.82) is 0 Å². The number of carboxylic acids is 1. The molecule has 0 saturated carbocycles. The first-order valence-corrected chi connectivity index (χ1v) is 14.3. The van der Waals surface area contributed by atoms with Gasteiger partial charge in [0, 0.05) is 11.8 Å². The number of nitrogen functional groups attached to an aromatic ring is 1. The quantitative estimate of drug-likeness (QED) is 0.155. The first-order valence-electron chi connectivity index (χ1n) is 13.5. The lowest BCUT2D eigenvalue weighted by Gasteiger charge is -2.32. The van der Waals surface area contributed by atoms with Gasteiger partial charge in [0.1, 0.15) is 19.4 Å². The van der Waals surface area contributed by atoms with Crippen LogP contribution in [0.2, 0.25) is 0 Å². The molecule has 2 aromatic carbocycles. The molecule has 3 aromatic rings. The number of carbonyl (C=O) groups is 5. The highest BCUT2D eigenvalue weighted by atomic mass is 32.1. The Labute approximate surface area is 259 Å². The van der Waals surface area contributed by atoms with Gasteiger partial charge in [-0.1, -0.05) is 65.8 Å². The molecule has 2 aliphatic rings. The summed E-state index contributed by atoms with van der Waals surface area (Å²) in [5.41, 5.74) is 1.84. The summed E-state index contributed by atoms with van der Waals surface area (Å²) in [5.74, 6) is -5.69. The summed E-state index contributed by atoms with van der Waals surface area (Å²) in [4.78, 5) is 80.0. The van der Waals surface area contributed by atoms with Gasteiger partial charge in [-0.2, -0.15) is 5.06 Å². The van der Waals surface area contributed by atoms with Crippen LogP contribution >= 0.6 is 11.3 Å². The van der Waals surface area contributed by atoms with Crippen molar-refractivity contribution in [2.75, 3.05) is 19.5 Å². The third-order valence-corrected chi connectivity index (χ3v) is 7.74. The van der Waals surface area contributed by atoms with Gasteiger partial charge in [-0.15, -0.1) is 11.3 Å². The molecule has 2 saturated heterocycles. The van der Waals surface area contributed by atoms with Crippen LogP contribution in [0.4, 0.5) is 5.13 Å². The summed E-state index contributed by atoms with van der Waals surface area (Å²) in [6, 6.07) is 17.7. The molecule has 0 radical (unpaired) electrons. The second-order valence-electron chi connectivity index (χ2n) is 10.0. The molecule has 2 aliphatic heterocycles. The summed E-state index contributed by atoms with van der Waals surface area (Å²) >= 11 is 1.01. The van der Waals surface area contributed by atoms with E-state index in [0.29, 0.717) is 16.2 Å². The Bertz CT molecular complexity index is 1610. The van der Waals surface area contributed by atoms with Crippen molar-refractivity contribution in [3.8, 4) is 0 Å². The number of nitrogens with one attached hydrogen (secondary N) is 1. The first-order chi connectivity index (χ1) is 21.6. The van der Waals surface area contributed by atoms with Crippen LogP contribution in [0, 0.1) is 0 Å². The third kappa shape index (κ3) is 6.18. The van der Waals surface area contributed by atoms with Gasteiger partial charge in [0.05, 0.1) is 12.8 Å². The highest BCUT2D eigenvalue weighted by molar-refractivity contribution is 7.13. The smallest absolute Gasteiger partial charge is 0.372 e. The van der Waals surface area contributed by atoms with E-state index in [0.717, 1.165) is 11.3 Å². The minimum atomic E-state index is -2.52. The van der Waals surface area contributed by atoms with Crippen LogP contribution in [0.1, 0.15) is 42.2 Å². The van der Waals surface area contributed by atoms with Crippen molar-refractivity contribution in [2.45, 2.75) is 36.6 Å². The number of hydrogen-bond donors (Lipinski definition) is 3. The number of benzene rings is 2. The number of aliphatic carboxylic acids is 1. The fourth-order valence-corrected chi connectivity index (χ4v) is 5.48. The lowest BCUT2D eigenvalue weighted by atomic mass is 9.93. The van der Waals surface area contributed by atoms with Crippen LogP contribution in [0.25, 0.3) is 0 Å². The number of hydroxylamine groups is 2. The average molecular weight is 638 g/mol. The standard InChI is InChI=1S/C29H27N5O10S/c1-41-33-22(19-15-45-27(30)31-19)24(37)32-28(16-42-34(25(28)38)29(26(39)40)13-12-20(35)44-29)14-21(36)43-23(17-8-4-2-5-9-17)18-10-6-3-7-11-18/h2-11,15,23H,12-14,16H2,1H3,(H2,30,31)(H,32,37)(H,39,40)/t28-,29?/m0/s1. The van der Waals surface area contributed by atoms with Gasteiger partial charge in [-0.3, -0.25) is 24.0 Å². The number of thiazole rings is 1. The normalized spacial score (nSPS) is 21.5. The van der Waals surface area contributed by atoms with Gasteiger partial charge in [-0.25, -0.2) is 9.78 Å². The second kappa shape index (κ2) is 12.7. The Kier molecular flexibility index (Phi) is 8.78. The summed E-state index contributed by atoms with van der Waals surface area (Å²) in [5, 5.41) is 18.1. The van der Waals surface area contributed by atoms with Crippen molar-refractivity contribution in [3.63, 3.8) is 0 Å². The van der Waals surface area contributed by atoms with Crippen molar-refractivity contribution < 1.29 is 48.2 Å². The zero-order valence-corrected chi connectivity index (χ0v) is 24.5. The molecule has 234 valence electrons. The molecule has 5 rings (SSSR count). The van der Waals surface area contributed by atoms with Crippen molar-refractivity contribution in [2.24, 2.45) is 5.16 Å². The largest absolute Gasteiger partial charge is 0.477 e. The Balaban J connectivity index is 1.50. The second-order valence-corrected chi connectivity index (χ2v) is 10.9. The minimum Gasteiger partial charge on any atom is -0.477 e. The van der Waals surface area contributed by atoms with Gasteiger partial charge in [0.15, 0.2) is 22.5 Å². The van der Waals surface area contributed by atoms with Gasteiger partial charge in [-0.05, 0) is 11.1 Å². The number of nitrogens with two attached hydrogens (primary N) is 1. The van der Waals surface area contributed by atoms with E-state index in [4.69, 9.17) is 24.9 Å². The summed E-state index contributed by atoms with van der Waals surface area (Å²) in [6.07, 6.45) is -2.45. The molecular weight excluding hydrogens is 610 g/mol. The number of ether oxygens (including phenoxy) is 2. The van der Waals surface area contributed by atoms with E-state index in [1.165, 1.54) is 12.5 Å². The number of oxime groups is 1. The van der Waals surface area contributed by atoms with Crippen LogP contribution in [-0.2, 0) is 43.1 Å². The highest BCUT2D eigenvalue weighted by Gasteiger charge is 2.64. The minimum absolute atomic E-state index is 0.0118. The number of hydrogen-bond acceptors (Lipinski definition) is 13. The van der Waals surface area contributed by atoms with E-state index in [9.17, 15) is 29.1 Å². The number of nitrogens with zero attached hydrogens (tertiary/aromatic N) is 3. The van der Waals surface area contributed by atoms with Gasteiger partial charge < -0.3 is 30.5 Å². The number of aromatic nitrogens is 1. The van der Waals surface area contributed by atoms with Crippen LogP contribution < -0.4 is 11.1 Å². The molecule has 4 N–H and O–H groups in total. The molecule has 2 atom stereocenters. The molecule has 2 fully saturated rings. The van der Waals surface area contributed by atoms with E-state index in [1.807, 2.05) is 0 Å². The lowest BCUT2D eigenvalue weighted by Crippen LogP contribution is -2.62. The zero-order chi connectivity index (χ0) is 32.2. The summed E-state index contributed by atoms with van der Waals surface area (Å²) in [6.45, 7) is -0.722. The van der Waals surface area contributed by atoms with Gasteiger partial charge in [0.2, 0.25) is 0 Å². The maximum atomic E-state index is 14.1. The Morgan fingerprint density at radius 1 is 1.13 bits per heavy atom. The van der Waals surface area contributed by atoms with Crippen molar-refractivity contribution in [1.82, 2.24) is 15.4 Å². The van der Waals surface area contributed by atoms with E-state index in [-0.39, 0.29) is 17.2 Å². The topological polar surface area (TPSA) is 209 Å². The van der Waals surface area contributed by atoms with Crippen molar-refractivity contribution >= 4 is 51.9 Å². The highest BCUT2D eigenvalue weighted by Crippen LogP contribution is 2.38. The van der Waals surface area contributed by atoms with Crippen LogP contribution in [-0.4, -0.2) is 75.6 Å². The number of esters is 2. The van der Waals surface area contributed by atoms with Crippen LogP contribution in [0.5, 0.6) is 0 Å². The molecule has 15 nitrogen and oxygen atoms in total. The van der Waals surface area contributed by atoms with E-state index < -0.39 is 72.3 Å². The fraction of sp³-hybridized carbons (Fsp3) is 0.276. The molecule has 1 unspecified atom stereocenters. The number of cyclic esters (lactones) is 1. The number of amides is 2. The summed E-state index contributed by atoms with van der Waals surface area (Å²) in [7, 11) is 1.18. The van der Waals surface area contributed by atoms with Gasteiger partial charge in [0.25, 0.3) is 11.8 Å². The maximum absolute atomic E-state index is 14.1. The fourth-order valence-electron chi connectivity index (χ4n) is 4.93. The number of carbonyl (C=O) groups excluding carboxylic acids is 4. The molecule has 0 bridgehead atoms. The molecule has 2 amide bonds. The number of rotatable bonds is 11. The molecule has 16 heteroatoms. The molecule has 0 spiro atoms. The monoisotopic (exact) mass is 637 g/mol. The Morgan fingerprint density at radius 3 is 2.29 bits per heavy atom. The van der Waals surface area contributed by atoms with Crippen LogP contribution in [0.15, 0.2) is 71.2 Å². The van der Waals surface area contributed by atoms with E-state index in [1.54, 1.807) is 60.7 Å². The molecule has 3 heterocycles. The SMILES string of the molecule is CON=C(C(=O)N[C@@]1(CC(=O)OC(c2ccccc2)c2ccccc2)CON(C2(C(=O)O)CCC(=O)O2)C1=O)c1csc(N)n1. The molecule has 1 aromatic heterocycles. The molecule has 45 heavy (non-hydrogen) atoms. The maximum Gasteiger partial charge on any atom is 0.372 e. The van der Waals surface area contributed by atoms with Gasteiger partial charge >= 0.3 is 23.6 Å². The Hall–Kier alpha value is -5.35. The van der Waals surface area contributed by atoms with Crippen molar-refractivity contribution in [3.05, 3.63) is 82.9 Å². The third-order valence-electron chi connectivity index (χ3n) is 7.06. The first kappa shape index (κ1) is 31.1.